The van der Waals surface area contributed by atoms with Crippen molar-refractivity contribution in [3.05, 3.63) is 89.9 Å². The molecule has 7 nitrogen and oxygen atoms in total. The van der Waals surface area contributed by atoms with E-state index in [1.54, 1.807) is 48.8 Å². The van der Waals surface area contributed by atoms with Gasteiger partial charge in [0.1, 0.15) is 11.4 Å². The van der Waals surface area contributed by atoms with Crippen LogP contribution in [-0.4, -0.2) is 42.4 Å². The summed E-state index contributed by atoms with van der Waals surface area (Å²) < 4.78 is 5.52. The SMILES string of the molecule is CCOc1ccc(C2=C(Nc3ccc(N(C)C)cc3)C(=O)N(Cc3ccncc3)C2=O)cc1. The number of aromatic nitrogens is 1. The largest absolute Gasteiger partial charge is 0.494 e. The van der Waals surface area contributed by atoms with Crippen LogP contribution in [0.15, 0.2) is 78.8 Å². The van der Waals surface area contributed by atoms with Crippen molar-refractivity contribution in [1.29, 1.82) is 0 Å². The molecule has 0 saturated carbocycles. The number of hydrogen-bond acceptors (Lipinski definition) is 6. The maximum absolute atomic E-state index is 13.4. The predicted octanol–water partition coefficient (Wildman–Crippen LogP) is 3.94. The van der Waals surface area contributed by atoms with E-state index in [1.807, 2.05) is 50.2 Å². The highest BCUT2D eigenvalue weighted by Crippen LogP contribution is 2.32. The Bertz CT molecular complexity index is 1170. The van der Waals surface area contributed by atoms with Crippen molar-refractivity contribution >= 4 is 28.8 Å². The number of benzene rings is 2. The fourth-order valence-corrected chi connectivity index (χ4v) is 3.65. The number of hydrogen-bond donors (Lipinski definition) is 1. The number of carbonyl (C=O) groups is 2. The molecule has 7 heteroatoms. The molecule has 0 saturated heterocycles. The predicted molar refractivity (Wildman–Crippen MR) is 129 cm³/mol. The van der Waals surface area contributed by atoms with Gasteiger partial charge < -0.3 is 15.0 Å². The molecule has 0 fully saturated rings. The molecular weight excluding hydrogens is 416 g/mol. The molecular formula is C26H26N4O3. The number of ether oxygens (including phenoxy) is 1. The van der Waals surface area contributed by atoms with Crippen LogP contribution in [0.25, 0.3) is 5.57 Å². The zero-order chi connectivity index (χ0) is 23.4. The Morgan fingerprint density at radius 1 is 0.909 bits per heavy atom. The number of nitrogens with zero attached hydrogens (tertiary/aromatic N) is 3. The third-order valence-corrected chi connectivity index (χ3v) is 5.37. The minimum Gasteiger partial charge on any atom is -0.494 e. The van der Waals surface area contributed by atoms with E-state index >= 15 is 0 Å². The molecule has 1 N–H and O–H groups in total. The molecule has 0 atom stereocenters. The summed E-state index contributed by atoms with van der Waals surface area (Å²) in [6.07, 6.45) is 3.29. The number of pyridine rings is 1. The van der Waals surface area contributed by atoms with E-state index < -0.39 is 0 Å². The lowest BCUT2D eigenvalue weighted by Gasteiger charge is -2.16. The Morgan fingerprint density at radius 2 is 1.58 bits per heavy atom. The van der Waals surface area contributed by atoms with Gasteiger partial charge in [-0.15, -0.1) is 0 Å². The molecule has 2 aromatic carbocycles. The molecule has 2 heterocycles. The van der Waals surface area contributed by atoms with Gasteiger partial charge in [-0.1, -0.05) is 12.1 Å². The highest BCUT2D eigenvalue weighted by molar-refractivity contribution is 6.36. The number of amides is 2. The minimum atomic E-state index is -0.364. The molecule has 1 aromatic heterocycles. The van der Waals surface area contributed by atoms with Gasteiger partial charge in [0, 0.05) is 37.9 Å². The number of rotatable bonds is 8. The van der Waals surface area contributed by atoms with Crippen LogP contribution >= 0.6 is 0 Å². The lowest BCUT2D eigenvalue weighted by Crippen LogP contribution is -2.32. The Labute approximate surface area is 193 Å². The number of carbonyl (C=O) groups excluding carboxylic acids is 2. The third-order valence-electron chi connectivity index (χ3n) is 5.37. The van der Waals surface area contributed by atoms with Crippen LogP contribution < -0.4 is 15.0 Å². The molecule has 168 valence electrons. The summed E-state index contributed by atoms with van der Waals surface area (Å²) in [6, 6.07) is 18.5. The first kappa shape index (κ1) is 22.1. The van der Waals surface area contributed by atoms with Crippen LogP contribution in [-0.2, 0) is 16.1 Å². The van der Waals surface area contributed by atoms with Gasteiger partial charge in [0.25, 0.3) is 11.8 Å². The molecule has 0 aliphatic carbocycles. The smallest absolute Gasteiger partial charge is 0.278 e. The number of imide groups is 1. The molecule has 1 aliphatic rings. The number of anilines is 2. The first-order valence-electron chi connectivity index (χ1n) is 10.7. The quantitative estimate of drug-likeness (QED) is 0.533. The van der Waals surface area contributed by atoms with Gasteiger partial charge >= 0.3 is 0 Å². The van der Waals surface area contributed by atoms with Crippen molar-refractivity contribution in [2.75, 3.05) is 30.9 Å². The maximum atomic E-state index is 13.4. The average molecular weight is 443 g/mol. The van der Waals surface area contributed by atoms with Crippen LogP contribution in [0.1, 0.15) is 18.1 Å². The van der Waals surface area contributed by atoms with Crippen LogP contribution in [0.4, 0.5) is 11.4 Å². The van der Waals surface area contributed by atoms with Crippen molar-refractivity contribution in [3.8, 4) is 5.75 Å². The summed E-state index contributed by atoms with van der Waals surface area (Å²) >= 11 is 0. The van der Waals surface area contributed by atoms with E-state index in [2.05, 4.69) is 10.3 Å². The van der Waals surface area contributed by atoms with Gasteiger partial charge in [-0.2, -0.15) is 0 Å². The molecule has 0 bridgehead atoms. The monoisotopic (exact) mass is 442 g/mol. The van der Waals surface area contributed by atoms with E-state index in [0.717, 1.165) is 16.9 Å². The van der Waals surface area contributed by atoms with Crippen molar-refractivity contribution < 1.29 is 14.3 Å². The van der Waals surface area contributed by atoms with E-state index in [4.69, 9.17) is 4.74 Å². The normalized spacial score (nSPS) is 13.5. The molecule has 0 radical (unpaired) electrons. The van der Waals surface area contributed by atoms with Crippen LogP contribution in [0.3, 0.4) is 0 Å². The van der Waals surface area contributed by atoms with E-state index in [9.17, 15) is 9.59 Å². The summed E-state index contributed by atoms with van der Waals surface area (Å²) in [5.74, 6) is 0.00631. The average Bonchev–Trinajstić information content (AvgIpc) is 3.05. The van der Waals surface area contributed by atoms with Crippen LogP contribution in [0.2, 0.25) is 0 Å². The summed E-state index contributed by atoms with van der Waals surface area (Å²) in [6.45, 7) is 2.64. The highest BCUT2D eigenvalue weighted by atomic mass is 16.5. The Kier molecular flexibility index (Phi) is 6.40. The second-order valence-electron chi connectivity index (χ2n) is 7.83. The third kappa shape index (κ3) is 4.72. The van der Waals surface area contributed by atoms with Gasteiger partial charge in [-0.3, -0.25) is 19.5 Å². The van der Waals surface area contributed by atoms with E-state index in [0.29, 0.717) is 23.5 Å². The summed E-state index contributed by atoms with van der Waals surface area (Å²) in [7, 11) is 3.93. The zero-order valence-electron chi connectivity index (χ0n) is 18.9. The molecule has 3 aromatic rings. The maximum Gasteiger partial charge on any atom is 0.278 e. The first-order chi connectivity index (χ1) is 16.0. The molecule has 1 aliphatic heterocycles. The molecule has 2 amide bonds. The fraction of sp³-hybridized carbons (Fsp3) is 0.192. The van der Waals surface area contributed by atoms with Crippen molar-refractivity contribution in [2.24, 2.45) is 0 Å². The Balaban J connectivity index is 1.70. The Hall–Kier alpha value is -4.13. The minimum absolute atomic E-state index is 0.172. The zero-order valence-corrected chi connectivity index (χ0v) is 18.9. The van der Waals surface area contributed by atoms with Gasteiger partial charge in [-0.05, 0) is 66.6 Å². The standard InChI is InChI=1S/C26H26N4O3/c1-4-33-22-11-5-19(6-12-22)23-24(28-20-7-9-21(10-8-20)29(2)3)26(32)30(25(23)31)17-18-13-15-27-16-14-18/h5-16,28H,4,17H2,1-3H3. The summed E-state index contributed by atoms with van der Waals surface area (Å²) in [5.41, 5.74) is 3.85. The van der Waals surface area contributed by atoms with E-state index in [-0.39, 0.29) is 24.1 Å². The van der Waals surface area contributed by atoms with Crippen molar-refractivity contribution in [1.82, 2.24) is 9.88 Å². The summed E-state index contributed by atoms with van der Waals surface area (Å²) in [4.78, 5) is 34.1. The molecule has 0 spiro atoms. The fourth-order valence-electron chi connectivity index (χ4n) is 3.65. The molecule has 33 heavy (non-hydrogen) atoms. The second kappa shape index (κ2) is 9.56. The van der Waals surface area contributed by atoms with Gasteiger partial charge in [0.05, 0.1) is 18.7 Å². The lowest BCUT2D eigenvalue weighted by atomic mass is 10.0. The van der Waals surface area contributed by atoms with E-state index in [1.165, 1.54) is 4.90 Å². The first-order valence-corrected chi connectivity index (χ1v) is 10.7. The van der Waals surface area contributed by atoms with Gasteiger partial charge in [0.15, 0.2) is 0 Å². The lowest BCUT2D eigenvalue weighted by molar-refractivity contribution is -0.137. The van der Waals surface area contributed by atoms with Crippen molar-refractivity contribution in [3.63, 3.8) is 0 Å². The number of nitrogens with one attached hydrogen (secondary N) is 1. The van der Waals surface area contributed by atoms with Crippen LogP contribution in [0.5, 0.6) is 5.75 Å². The van der Waals surface area contributed by atoms with Crippen LogP contribution in [0, 0.1) is 0 Å². The topological polar surface area (TPSA) is 74.8 Å². The second-order valence-corrected chi connectivity index (χ2v) is 7.83. The van der Waals surface area contributed by atoms with Gasteiger partial charge in [-0.25, -0.2) is 0 Å². The molecule has 0 unspecified atom stereocenters. The summed E-state index contributed by atoms with van der Waals surface area (Å²) in [5, 5.41) is 3.20. The molecule has 4 rings (SSSR count). The highest BCUT2D eigenvalue weighted by Gasteiger charge is 2.39. The van der Waals surface area contributed by atoms with Crippen molar-refractivity contribution in [2.45, 2.75) is 13.5 Å². The Morgan fingerprint density at radius 3 is 2.18 bits per heavy atom. The van der Waals surface area contributed by atoms with Gasteiger partial charge in [0.2, 0.25) is 0 Å².